The highest BCUT2D eigenvalue weighted by Crippen LogP contribution is 2.04. The van der Waals surface area contributed by atoms with Crippen LogP contribution in [0.4, 0.5) is 0 Å². The molecule has 3 heteroatoms. The molecule has 0 bridgehead atoms. The van der Waals surface area contributed by atoms with E-state index in [0.29, 0.717) is 0 Å². The predicted molar refractivity (Wildman–Crippen MR) is 59.6 cm³/mol. The van der Waals surface area contributed by atoms with E-state index in [0.717, 1.165) is 25.9 Å². The zero-order valence-electron chi connectivity index (χ0n) is 8.70. The van der Waals surface area contributed by atoms with Gasteiger partial charge in [0.25, 0.3) is 0 Å². The Labute approximate surface area is 89.9 Å². The number of hydrogen-bond donors (Lipinski definition) is 2. The fraction of sp³-hybridized carbons (Fsp3) is 0.417. The maximum Gasteiger partial charge on any atom is 0.237 e. The number of nitrogens with one attached hydrogen (secondary N) is 2. The van der Waals surface area contributed by atoms with Gasteiger partial charge >= 0.3 is 0 Å². The molecule has 0 unspecified atom stereocenters. The van der Waals surface area contributed by atoms with E-state index in [2.05, 4.69) is 22.8 Å². The van der Waals surface area contributed by atoms with E-state index >= 15 is 0 Å². The first-order valence-electron chi connectivity index (χ1n) is 5.41. The van der Waals surface area contributed by atoms with E-state index in [-0.39, 0.29) is 11.9 Å². The van der Waals surface area contributed by atoms with E-state index in [1.807, 2.05) is 18.2 Å². The third-order valence-corrected chi connectivity index (χ3v) is 2.64. The molecular weight excluding hydrogens is 188 g/mol. The van der Waals surface area contributed by atoms with E-state index in [1.54, 1.807) is 0 Å². The lowest BCUT2D eigenvalue weighted by atomic mass is 10.1. The van der Waals surface area contributed by atoms with Gasteiger partial charge < -0.3 is 10.6 Å². The van der Waals surface area contributed by atoms with Gasteiger partial charge in [-0.15, -0.1) is 0 Å². The fourth-order valence-electron chi connectivity index (χ4n) is 1.81. The zero-order chi connectivity index (χ0) is 10.5. The Balaban J connectivity index is 2.01. The molecule has 1 aliphatic heterocycles. The van der Waals surface area contributed by atoms with Crippen molar-refractivity contribution in [2.24, 2.45) is 0 Å². The van der Waals surface area contributed by atoms with Gasteiger partial charge in [-0.1, -0.05) is 30.3 Å². The quantitative estimate of drug-likeness (QED) is 0.745. The predicted octanol–water partition coefficient (Wildman–Crippen LogP) is 0.707. The molecule has 0 saturated carbocycles. The molecule has 1 amide bonds. The lowest BCUT2D eigenvalue weighted by molar-refractivity contribution is -0.122. The van der Waals surface area contributed by atoms with E-state index < -0.39 is 0 Å². The van der Waals surface area contributed by atoms with E-state index in [1.165, 1.54) is 5.56 Å². The molecule has 80 valence electrons. The average Bonchev–Trinajstić information content (AvgIpc) is 2.46. The largest absolute Gasteiger partial charge is 0.355 e. The van der Waals surface area contributed by atoms with Crippen LogP contribution in [0, 0.1) is 0 Å². The minimum atomic E-state index is -0.0742. The molecule has 3 nitrogen and oxygen atoms in total. The van der Waals surface area contributed by atoms with Crippen LogP contribution >= 0.6 is 0 Å². The lowest BCUT2D eigenvalue weighted by Gasteiger charge is -2.14. The highest BCUT2D eigenvalue weighted by molar-refractivity contribution is 5.82. The molecule has 2 rings (SSSR count). The van der Waals surface area contributed by atoms with Gasteiger partial charge in [0.1, 0.15) is 0 Å². The smallest absolute Gasteiger partial charge is 0.237 e. The van der Waals surface area contributed by atoms with Gasteiger partial charge in [0.2, 0.25) is 5.91 Å². The maximum absolute atomic E-state index is 11.6. The van der Waals surface area contributed by atoms with Crippen LogP contribution < -0.4 is 10.6 Å². The monoisotopic (exact) mass is 204 g/mol. The summed E-state index contributed by atoms with van der Waals surface area (Å²) in [5, 5.41) is 6.18. The first kappa shape index (κ1) is 10.2. The lowest BCUT2D eigenvalue weighted by Crippen LogP contribution is -2.42. The van der Waals surface area contributed by atoms with Gasteiger partial charge in [0.05, 0.1) is 6.04 Å². The fourth-order valence-corrected chi connectivity index (χ4v) is 1.81. The summed E-state index contributed by atoms with van der Waals surface area (Å²) >= 11 is 0. The number of hydrogen-bond acceptors (Lipinski definition) is 2. The molecule has 1 aromatic carbocycles. The summed E-state index contributed by atoms with van der Waals surface area (Å²) in [5.74, 6) is 0.122. The molecular formula is C12H16N2O. The summed E-state index contributed by atoms with van der Waals surface area (Å²) < 4.78 is 0. The summed E-state index contributed by atoms with van der Waals surface area (Å²) in [6, 6.07) is 10.0. The van der Waals surface area contributed by atoms with Gasteiger partial charge in [-0.25, -0.2) is 0 Å². The second-order valence-corrected chi connectivity index (χ2v) is 3.84. The van der Waals surface area contributed by atoms with Crippen LogP contribution in [0.3, 0.4) is 0 Å². The van der Waals surface area contributed by atoms with Crippen molar-refractivity contribution in [3.8, 4) is 0 Å². The van der Waals surface area contributed by atoms with Gasteiger partial charge in [-0.2, -0.15) is 0 Å². The summed E-state index contributed by atoms with van der Waals surface area (Å²) in [7, 11) is 0. The van der Waals surface area contributed by atoms with E-state index in [9.17, 15) is 4.79 Å². The molecule has 0 aliphatic carbocycles. The van der Waals surface area contributed by atoms with Crippen molar-refractivity contribution in [2.75, 3.05) is 13.1 Å². The second-order valence-electron chi connectivity index (χ2n) is 3.84. The molecule has 0 aromatic heterocycles. The number of carbonyl (C=O) groups excluding carboxylic acids is 1. The molecule has 1 aromatic rings. The summed E-state index contributed by atoms with van der Waals surface area (Å²) in [4.78, 5) is 11.6. The van der Waals surface area contributed by atoms with Crippen molar-refractivity contribution in [1.29, 1.82) is 0 Å². The Kier molecular flexibility index (Phi) is 3.35. The molecule has 1 fully saturated rings. The standard InChI is InChI=1S/C12H16N2O/c15-12-11(13-7-4-8-14-12)9-10-5-2-1-3-6-10/h1-3,5-6,11,13H,4,7-9H2,(H,14,15)/t11-/m0/s1. The molecule has 2 N–H and O–H groups in total. The number of benzene rings is 1. The molecule has 1 aliphatic rings. The Morgan fingerprint density at radius 1 is 1.20 bits per heavy atom. The van der Waals surface area contributed by atoms with Gasteiger partial charge in [0, 0.05) is 6.54 Å². The Hall–Kier alpha value is -1.35. The Morgan fingerprint density at radius 2 is 2.00 bits per heavy atom. The van der Waals surface area contributed by atoms with Crippen molar-refractivity contribution < 1.29 is 4.79 Å². The summed E-state index contributed by atoms with van der Waals surface area (Å²) in [6.45, 7) is 1.70. The minimum Gasteiger partial charge on any atom is -0.355 e. The zero-order valence-corrected chi connectivity index (χ0v) is 8.70. The third kappa shape index (κ3) is 2.80. The van der Waals surface area contributed by atoms with Crippen molar-refractivity contribution in [1.82, 2.24) is 10.6 Å². The van der Waals surface area contributed by atoms with Gasteiger partial charge in [0.15, 0.2) is 0 Å². The average molecular weight is 204 g/mol. The van der Waals surface area contributed by atoms with Crippen LogP contribution in [-0.4, -0.2) is 25.0 Å². The molecule has 1 heterocycles. The van der Waals surface area contributed by atoms with Gasteiger partial charge in [-0.3, -0.25) is 4.79 Å². The SMILES string of the molecule is O=C1NCCCN[C@H]1Cc1ccccc1. The highest BCUT2D eigenvalue weighted by Gasteiger charge is 2.19. The maximum atomic E-state index is 11.6. The normalized spacial score (nSPS) is 21.9. The van der Waals surface area contributed by atoms with Crippen LogP contribution in [0.2, 0.25) is 0 Å². The van der Waals surface area contributed by atoms with Crippen LogP contribution in [0.5, 0.6) is 0 Å². The second kappa shape index (κ2) is 4.94. The molecule has 1 saturated heterocycles. The van der Waals surface area contributed by atoms with Crippen LogP contribution in [0.25, 0.3) is 0 Å². The summed E-state index contributed by atoms with van der Waals surface area (Å²) in [6.07, 6.45) is 1.78. The molecule has 0 spiro atoms. The number of rotatable bonds is 2. The first-order chi connectivity index (χ1) is 7.36. The number of carbonyl (C=O) groups is 1. The van der Waals surface area contributed by atoms with Crippen LogP contribution in [-0.2, 0) is 11.2 Å². The van der Waals surface area contributed by atoms with Crippen molar-refractivity contribution >= 4 is 5.91 Å². The van der Waals surface area contributed by atoms with Gasteiger partial charge in [-0.05, 0) is 24.9 Å². The topological polar surface area (TPSA) is 41.1 Å². The van der Waals surface area contributed by atoms with Crippen LogP contribution in [0.15, 0.2) is 30.3 Å². The van der Waals surface area contributed by atoms with Crippen LogP contribution in [0.1, 0.15) is 12.0 Å². The Bertz CT molecular complexity index is 324. The van der Waals surface area contributed by atoms with E-state index in [4.69, 9.17) is 0 Å². The minimum absolute atomic E-state index is 0.0742. The molecule has 0 radical (unpaired) electrons. The summed E-state index contributed by atoms with van der Waals surface area (Å²) in [5.41, 5.74) is 1.20. The third-order valence-electron chi connectivity index (χ3n) is 2.64. The Morgan fingerprint density at radius 3 is 2.80 bits per heavy atom. The van der Waals surface area contributed by atoms with Crippen molar-refractivity contribution in [3.63, 3.8) is 0 Å². The number of amides is 1. The highest BCUT2D eigenvalue weighted by atomic mass is 16.2. The first-order valence-corrected chi connectivity index (χ1v) is 5.41. The molecule has 15 heavy (non-hydrogen) atoms. The van der Waals surface area contributed by atoms with Crippen molar-refractivity contribution in [3.05, 3.63) is 35.9 Å². The molecule has 1 atom stereocenters. The van der Waals surface area contributed by atoms with Crippen molar-refractivity contribution in [2.45, 2.75) is 18.9 Å².